The summed E-state index contributed by atoms with van der Waals surface area (Å²) in [6.07, 6.45) is 3.14. The Balaban J connectivity index is 1.51. The zero-order valence-electron chi connectivity index (χ0n) is 15.1. The van der Waals surface area contributed by atoms with Crippen LogP contribution in [0.1, 0.15) is 30.5 Å². The van der Waals surface area contributed by atoms with Crippen molar-refractivity contribution in [2.45, 2.75) is 25.8 Å². The van der Waals surface area contributed by atoms with Crippen molar-refractivity contribution in [3.8, 4) is 5.75 Å². The van der Waals surface area contributed by atoms with E-state index in [0.717, 1.165) is 28.7 Å². The van der Waals surface area contributed by atoms with E-state index in [1.807, 2.05) is 36.4 Å². The molecule has 0 bridgehead atoms. The van der Waals surface area contributed by atoms with Gasteiger partial charge in [-0.15, -0.1) is 0 Å². The van der Waals surface area contributed by atoms with Crippen LogP contribution in [0.5, 0.6) is 5.75 Å². The third-order valence-electron chi connectivity index (χ3n) is 5.29. The summed E-state index contributed by atoms with van der Waals surface area (Å²) in [6.45, 7) is 2.24. The molecule has 0 aliphatic heterocycles. The van der Waals surface area contributed by atoms with Crippen LogP contribution < -0.4 is 10.1 Å². The van der Waals surface area contributed by atoms with Gasteiger partial charge in [-0.1, -0.05) is 37.3 Å². The molecule has 4 nitrogen and oxygen atoms in total. The van der Waals surface area contributed by atoms with Crippen LogP contribution in [0.2, 0.25) is 0 Å². The first-order valence-electron chi connectivity index (χ1n) is 9.04. The highest BCUT2D eigenvalue weighted by Gasteiger charge is 2.40. The number of carbonyl (C=O) groups is 1. The summed E-state index contributed by atoms with van der Waals surface area (Å²) in [5.74, 6) is 1.95. The number of furan rings is 1. The van der Waals surface area contributed by atoms with E-state index in [2.05, 4.69) is 24.4 Å². The van der Waals surface area contributed by atoms with E-state index >= 15 is 0 Å². The van der Waals surface area contributed by atoms with Crippen molar-refractivity contribution < 1.29 is 13.9 Å². The Kier molecular flexibility index (Phi) is 4.41. The van der Waals surface area contributed by atoms with Crippen LogP contribution in [-0.2, 0) is 11.2 Å². The Hall–Kier alpha value is -2.75. The van der Waals surface area contributed by atoms with Gasteiger partial charge < -0.3 is 14.5 Å². The predicted octanol–water partition coefficient (Wildman–Crippen LogP) is 4.50. The zero-order valence-corrected chi connectivity index (χ0v) is 15.1. The van der Waals surface area contributed by atoms with Gasteiger partial charge in [0.25, 0.3) is 0 Å². The molecular formula is C22H23NO3. The fourth-order valence-corrected chi connectivity index (χ4v) is 3.64. The van der Waals surface area contributed by atoms with Gasteiger partial charge in [-0.3, -0.25) is 4.79 Å². The number of ether oxygens (including phenoxy) is 1. The number of hydrogen-bond acceptors (Lipinski definition) is 3. The number of amides is 1. The highest BCUT2D eigenvalue weighted by molar-refractivity contribution is 5.88. The van der Waals surface area contributed by atoms with Gasteiger partial charge in [0.1, 0.15) is 11.3 Å². The third-order valence-corrected chi connectivity index (χ3v) is 5.29. The largest absolute Gasteiger partial charge is 0.497 e. The lowest BCUT2D eigenvalue weighted by molar-refractivity contribution is -0.121. The van der Waals surface area contributed by atoms with Crippen molar-refractivity contribution >= 4 is 16.9 Å². The summed E-state index contributed by atoms with van der Waals surface area (Å²) in [7, 11) is 1.63. The average molecular weight is 349 g/mol. The van der Waals surface area contributed by atoms with Gasteiger partial charge in [0.2, 0.25) is 5.91 Å². The van der Waals surface area contributed by atoms with E-state index in [9.17, 15) is 4.79 Å². The average Bonchev–Trinajstić information content (AvgIpc) is 3.26. The number of carbonyl (C=O) groups excluding carboxylic acids is 1. The molecule has 1 heterocycles. The van der Waals surface area contributed by atoms with Gasteiger partial charge in [-0.2, -0.15) is 0 Å². The number of rotatable bonds is 6. The van der Waals surface area contributed by atoms with Gasteiger partial charge in [-0.05, 0) is 36.0 Å². The van der Waals surface area contributed by atoms with Crippen LogP contribution in [0.15, 0.2) is 59.2 Å². The molecule has 1 fully saturated rings. The van der Waals surface area contributed by atoms with Gasteiger partial charge >= 0.3 is 0 Å². The zero-order chi connectivity index (χ0) is 18.1. The van der Waals surface area contributed by atoms with E-state index in [0.29, 0.717) is 18.3 Å². The molecule has 1 amide bonds. The Morgan fingerprint density at radius 1 is 1.27 bits per heavy atom. The molecule has 1 aromatic heterocycles. The molecule has 1 saturated carbocycles. The number of hydrogen-bond donors (Lipinski definition) is 1. The molecule has 1 N–H and O–H groups in total. The minimum absolute atomic E-state index is 0.0245. The van der Waals surface area contributed by atoms with Crippen LogP contribution in [0.3, 0.4) is 0 Å². The Morgan fingerprint density at radius 3 is 2.73 bits per heavy atom. The van der Waals surface area contributed by atoms with E-state index in [1.54, 1.807) is 13.4 Å². The van der Waals surface area contributed by atoms with Crippen LogP contribution >= 0.6 is 0 Å². The third kappa shape index (κ3) is 3.32. The molecular weight excluding hydrogens is 326 g/mol. The van der Waals surface area contributed by atoms with Gasteiger partial charge in [0.05, 0.1) is 25.8 Å². The number of benzene rings is 2. The van der Waals surface area contributed by atoms with E-state index in [-0.39, 0.29) is 11.9 Å². The topological polar surface area (TPSA) is 51.5 Å². The molecule has 0 spiro atoms. The second-order valence-electron chi connectivity index (χ2n) is 7.13. The van der Waals surface area contributed by atoms with Crippen LogP contribution in [0, 0.1) is 11.8 Å². The Bertz CT molecular complexity index is 916. The van der Waals surface area contributed by atoms with Gasteiger partial charge in [0, 0.05) is 17.0 Å². The normalized spacial score (nSPS) is 19.9. The summed E-state index contributed by atoms with van der Waals surface area (Å²) in [6, 6.07) is 16.0. The smallest absolute Gasteiger partial charge is 0.225 e. The van der Waals surface area contributed by atoms with E-state index in [4.69, 9.17) is 9.15 Å². The molecule has 1 aliphatic rings. The molecule has 0 saturated heterocycles. The minimum atomic E-state index is 0.0245. The van der Waals surface area contributed by atoms with Crippen molar-refractivity contribution in [3.05, 3.63) is 65.9 Å². The lowest BCUT2D eigenvalue weighted by atomic mass is 10.0. The standard InChI is InChI=1S/C22H23NO3/c1-14-10-19(14)22(15-6-4-3-5-7-15)23-21(24)11-16-13-26-20-12-17(25-2)8-9-18(16)20/h3-9,12-14,19,22H,10-11H2,1-2H3,(H,23,24). The summed E-state index contributed by atoms with van der Waals surface area (Å²) in [5, 5.41) is 4.20. The van der Waals surface area contributed by atoms with Crippen LogP contribution in [0.25, 0.3) is 11.0 Å². The SMILES string of the molecule is COc1ccc2c(CC(=O)NC(c3ccccc3)C3CC3C)coc2c1. The first-order chi connectivity index (χ1) is 12.7. The number of fused-ring (bicyclic) bond motifs is 1. The molecule has 2 aromatic carbocycles. The van der Waals surface area contributed by atoms with Crippen molar-refractivity contribution in [1.29, 1.82) is 0 Å². The number of methoxy groups -OCH3 is 1. The summed E-state index contributed by atoms with van der Waals surface area (Å²) in [4.78, 5) is 12.7. The molecule has 0 radical (unpaired) electrons. The molecule has 3 aromatic rings. The van der Waals surface area contributed by atoms with Crippen molar-refractivity contribution in [1.82, 2.24) is 5.32 Å². The molecule has 3 atom stereocenters. The molecule has 4 heteroatoms. The highest BCUT2D eigenvalue weighted by atomic mass is 16.5. The Labute approximate surface area is 153 Å². The monoisotopic (exact) mass is 349 g/mol. The highest BCUT2D eigenvalue weighted by Crippen LogP contribution is 2.47. The summed E-state index contributed by atoms with van der Waals surface area (Å²) < 4.78 is 10.8. The lowest BCUT2D eigenvalue weighted by Gasteiger charge is -2.19. The van der Waals surface area contributed by atoms with Gasteiger partial charge in [-0.25, -0.2) is 0 Å². The van der Waals surface area contributed by atoms with E-state index < -0.39 is 0 Å². The Morgan fingerprint density at radius 2 is 2.04 bits per heavy atom. The molecule has 1 aliphatic carbocycles. The number of nitrogens with one attached hydrogen (secondary N) is 1. The molecule has 26 heavy (non-hydrogen) atoms. The predicted molar refractivity (Wildman–Crippen MR) is 101 cm³/mol. The van der Waals surface area contributed by atoms with Crippen molar-refractivity contribution in [3.63, 3.8) is 0 Å². The summed E-state index contributed by atoms with van der Waals surface area (Å²) >= 11 is 0. The second kappa shape index (κ2) is 6.87. The maximum atomic E-state index is 12.7. The maximum Gasteiger partial charge on any atom is 0.225 e. The van der Waals surface area contributed by atoms with Crippen molar-refractivity contribution in [2.24, 2.45) is 11.8 Å². The minimum Gasteiger partial charge on any atom is -0.497 e. The lowest BCUT2D eigenvalue weighted by Crippen LogP contribution is -2.31. The van der Waals surface area contributed by atoms with Gasteiger partial charge in [0.15, 0.2) is 0 Å². The van der Waals surface area contributed by atoms with Crippen molar-refractivity contribution in [2.75, 3.05) is 7.11 Å². The molecule has 134 valence electrons. The van der Waals surface area contributed by atoms with E-state index in [1.165, 1.54) is 5.56 Å². The fraction of sp³-hybridized carbons (Fsp3) is 0.318. The molecule has 3 unspecified atom stereocenters. The summed E-state index contributed by atoms with van der Waals surface area (Å²) in [5.41, 5.74) is 2.82. The van der Waals surface area contributed by atoms with Crippen LogP contribution in [-0.4, -0.2) is 13.0 Å². The fourth-order valence-electron chi connectivity index (χ4n) is 3.64. The first kappa shape index (κ1) is 16.7. The first-order valence-corrected chi connectivity index (χ1v) is 9.04. The van der Waals surface area contributed by atoms with Crippen LogP contribution in [0.4, 0.5) is 0 Å². The maximum absolute atomic E-state index is 12.7. The second-order valence-corrected chi connectivity index (χ2v) is 7.13. The quantitative estimate of drug-likeness (QED) is 0.713. The molecule has 4 rings (SSSR count).